The number of anilines is 2. The first-order chi connectivity index (χ1) is 11.0. The lowest BCUT2D eigenvalue weighted by Crippen LogP contribution is -2.21. The minimum atomic E-state index is 0.659. The van der Waals surface area contributed by atoms with Gasteiger partial charge in [-0.1, -0.05) is 23.7 Å². The number of rotatable bonds is 8. The molecule has 0 unspecified atom stereocenters. The number of benzene rings is 1. The van der Waals surface area contributed by atoms with Gasteiger partial charge in [0.15, 0.2) is 0 Å². The normalized spacial score (nSPS) is 10.8. The summed E-state index contributed by atoms with van der Waals surface area (Å²) in [6.45, 7) is 4.57. The van der Waals surface area contributed by atoms with Crippen molar-refractivity contribution in [2.45, 2.75) is 13.3 Å². The molecule has 1 aromatic carbocycles. The summed E-state index contributed by atoms with van der Waals surface area (Å²) in [5.41, 5.74) is 2.18. The first-order valence-corrected chi connectivity index (χ1v) is 8.13. The third-order valence-electron chi connectivity index (χ3n) is 3.33. The maximum absolute atomic E-state index is 5.89. The first-order valence-electron chi connectivity index (χ1n) is 7.75. The van der Waals surface area contributed by atoms with Crippen LogP contribution in [0, 0.1) is 6.92 Å². The Morgan fingerprint density at radius 2 is 1.78 bits per heavy atom. The zero-order valence-corrected chi connectivity index (χ0v) is 14.7. The summed E-state index contributed by atoms with van der Waals surface area (Å²) in [5, 5.41) is 7.37. The number of nitrogens with zero attached hydrogens (tertiary/aromatic N) is 3. The maximum Gasteiger partial charge on any atom is 0.224 e. The molecule has 0 saturated heterocycles. The van der Waals surface area contributed by atoms with E-state index in [0.717, 1.165) is 42.6 Å². The molecular weight excluding hydrogens is 310 g/mol. The highest BCUT2D eigenvalue weighted by molar-refractivity contribution is 6.30. The Balaban J connectivity index is 1.86. The zero-order chi connectivity index (χ0) is 16.7. The SMILES string of the molecule is Cc1cc(NCCN(C)C)nc(NCCc2ccc(Cl)cc2)n1. The van der Waals surface area contributed by atoms with Crippen LogP contribution in [-0.4, -0.2) is 48.6 Å². The second kappa shape index (κ2) is 8.70. The lowest BCUT2D eigenvalue weighted by Gasteiger charge is -2.12. The van der Waals surface area contributed by atoms with E-state index in [0.29, 0.717) is 5.95 Å². The van der Waals surface area contributed by atoms with Gasteiger partial charge in [-0.05, 0) is 45.1 Å². The predicted octanol–water partition coefficient (Wildman–Crippen LogP) is 3.07. The standard InChI is InChI=1S/C17H24ClN5/c1-13-12-16(19-10-11-23(2)3)22-17(21-13)20-9-8-14-4-6-15(18)7-5-14/h4-7,12H,8-11H2,1-3H3,(H2,19,20,21,22). The fourth-order valence-electron chi connectivity index (χ4n) is 2.12. The Bertz CT molecular complexity index is 613. The smallest absolute Gasteiger partial charge is 0.224 e. The Labute approximate surface area is 143 Å². The largest absolute Gasteiger partial charge is 0.369 e. The molecule has 2 aromatic rings. The van der Waals surface area contributed by atoms with Crippen LogP contribution in [-0.2, 0) is 6.42 Å². The molecule has 0 aliphatic carbocycles. The molecule has 0 spiro atoms. The van der Waals surface area contributed by atoms with E-state index in [1.807, 2.05) is 37.3 Å². The summed E-state index contributed by atoms with van der Waals surface area (Å²) in [4.78, 5) is 11.1. The Kier molecular flexibility index (Phi) is 6.62. The average molecular weight is 334 g/mol. The van der Waals surface area contributed by atoms with Crippen molar-refractivity contribution in [3.63, 3.8) is 0 Å². The second-order valence-corrected chi connectivity index (χ2v) is 6.19. The van der Waals surface area contributed by atoms with E-state index in [1.54, 1.807) is 0 Å². The van der Waals surface area contributed by atoms with Crippen molar-refractivity contribution < 1.29 is 0 Å². The van der Waals surface area contributed by atoms with Gasteiger partial charge in [-0.3, -0.25) is 0 Å². The van der Waals surface area contributed by atoms with Gasteiger partial charge < -0.3 is 15.5 Å². The summed E-state index contributed by atoms with van der Waals surface area (Å²) in [6.07, 6.45) is 0.901. The molecule has 0 saturated carbocycles. The topological polar surface area (TPSA) is 53.1 Å². The molecule has 0 fully saturated rings. The van der Waals surface area contributed by atoms with Gasteiger partial charge in [0, 0.05) is 36.4 Å². The molecule has 0 aliphatic heterocycles. The quantitative estimate of drug-likeness (QED) is 0.777. The van der Waals surface area contributed by atoms with Crippen molar-refractivity contribution in [3.8, 4) is 0 Å². The van der Waals surface area contributed by atoms with E-state index in [9.17, 15) is 0 Å². The maximum atomic E-state index is 5.89. The average Bonchev–Trinajstić information content (AvgIpc) is 2.48. The lowest BCUT2D eigenvalue weighted by atomic mass is 10.1. The highest BCUT2D eigenvalue weighted by atomic mass is 35.5. The molecule has 0 radical (unpaired) electrons. The van der Waals surface area contributed by atoms with Crippen molar-refractivity contribution >= 4 is 23.4 Å². The van der Waals surface area contributed by atoms with Gasteiger partial charge in [0.05, 0.1) is 0 Å². The molecule has 1 heterocycles. The van der Waals surface area contributed by atoms with Gasteiger partial charge in [0.1, 0.15) is 5.82 Å². The molecule has 2 N–H and O–H groups in total. The number of likely N-dealkylation sites (N-methyl/N-ethyl adjacent to an activating group) is 1. The molecule has 23 heavy (non-hydrogen) atoms. The number of hydrogen-bond acceptors (Lipinski definition) is 5. The van der Waals surface area contributed by atoms with E-state index in [4.69, 9.17) is 11.6 Å². The third kappa shape index (κ3) is 6.42. The van der Waals surface area contributed by atoms with Crippen molar-refractivity contribution in [2.24, 2.45) is 0 Å². The van der Waals surface area contributed by atoms with Crippen LogP contribution >= 0.6 is 11.6 Å². The molecule has 0 amide bonds. The second-order valence-electron chi connectivity index (χ2n) is 5.75. The van der Waals surface area contributed by atoms with Crippen LogP contribution in [0.4, 0.5) is 11.8 Å². The van der Waals surface area contributed by atoms with E-state index in [-0.39, 0.29) is 0 Å². The van der Waals surface area contributed by atoms with E-state index >= 15 is 0 Å². The number of halogens is 1. The van der Waals surface area contributed by atoms with Crippen LogP contribution in [0.2, 0.25) is 5.02 Å². The first kappa shape index (κ1) is 17.5. The number of aromatic nitrogens is 2. The molecule has 5 nitrogen and oxygen atoms in total. The fraction of sp³-hybridized carbons (Fsp3) is 0.412. The molecular formula is C17H24ClN5. The van der Waals surface area contributed by atoms with E-state index in [2.05, 4.69) is 39.6 Å². The highest BCUT2D eigenvalue weighted by Crippen LogP contribution is 2.11. The van der Waals surface area contributed by atoms with E-state index in [1.165, 1.54) is 5.56 Å². The van der Waals surface area contributed by atoms with Crippen LogP contribution in [0.25, 0.3) is 0 Å². The molecule has 124 valence electrons. The summed E-state index contributed by atoms with van der Waals surface area (Å²) >= 11 is 5.89. The van der Waals surface area contributed by atoms with Crippen molar-refractivity contribution in [2.75, 3.05) is 44.4 Å². The zero-order valence-electron chi connectivity index (χ0n) is 13.9. The minimum Gasteiger partial charge on any atom is -0.369 e. The van der Waals surface area contributed by atoms with Gasteiger partial charge >= 0.3 is 0 Å². The van der Waals surface area contributed by atoms with Gasteiger partial charge in [0.2, 0.25) is 5.95 Å². The Morgan fingerprint density at radius 3 is 2.48 bits per heavy atom. The molecule has 0 bridgehead atoms. The van der Waals surface area contributed by atoms with Crippen LogP contribution in [0.3, 0.4) is 0 Å². The summed E-state index contributed by atoms with van der Waals surface area (Å²) in [7, 11) is 4.10. The van der Waals surface area contributed by atoms with Gasteiger partial charge in [-0.15, -0.1) is 0 Å². The van der Waals surface area contributed by atoms with Gasteiger partial charge in [0.25, 0.3) is 0 Å². The van der Waals surface area contributed by atoms with Crippen molar-refractivity contribution in [3.05, 3.63) is 46.6 Å². The van der Waals surface area contributed by atoms with Crippen molar-refractivity contribution in [1.29, 1.82) is 0 Å². The number of aryl methyl sites for hydroxylation is 1. The Morgan fingerprint density at radius 1 is 1.04 bits per heavy atom. The van der Waals surface area contributed by atoms with Crippen LogP contribution in [0.15, 0.2) is 30.3 Å². The van der Waals surface area contributed by atoms with Crippen LogP contribution in [0.5, 0.6) is 0 Å². The van der Waals surface area contributed by atoms with Crippen molar-refractivity contribution in [1.82, 2.24) is 14.9 Å². The predicted molar refractivity (Wildman–Crippen MR) is 97.5 cm³/mol. The number of hydrogen-bond donors (Lipinski definition) is 2. The van der Waals surface area contributed by atoms with Crippen LogP contribution in [0.1, 0.15) is 11.3 Å². The molecule has 0 aliphatic rings. The Hall–Kier alpha value is -1.85. The lowest BCUT2D eigenvalue weighted by molar-refractivity contribution is 0.425. The summed E-state index contributed by atoms with van der Waals surface area (Å²) < 4.78 is 0. The molecule has 2 rings (SSSR count). The monoisotopic (exact) mass is 333 g/mol. The highest BCUT2D eigenvalue weighted by Gasteiger charge is 2.02. The van der Waals surface area contributed by atoms with Gasteiger partial charge in [-0.2, -0.15) is 4.98 Å². The summed E-state index contributed by atoms with van der Waals surface area (Å²) in [5.74, 6) is 1.51. The van der Waals surface area contributed by atoms with Crippen LogP contribution < -0.4 is 10.6 Å². The molecule has 0 atom stereocenters. The van der Waals surface area contributed by atoms with E-state index < -0.39 is 0 Å². The number of nitrogens with one attached hydrogen (secondary N) is 2. The molecule has 1 aromatic heterocycles. The fourth-order valence-corrected chi connectivity index (χ4v) is 2.24. The molecule has 6 heteroatoms. The van der Waals surface area contributed by atoms with Gasteiger partial charge in [-0.25, -0.2) is 4.98 Å². The summed E-state index contributed by atoms with van der Waals surface area (Å²) in [6, 6.07) is 9.85. The third-order valence-corrected chi connectivity index (χ3v) is 3.58. The minimum absolute atomic E-state index is 0.659.